The van der Waals surface area contributed by atoms with Crippen LogP contribution in [0.4, 0.5) is 5.69 Å². The Balaban J connectivity index is 1.62. The van der Waals surface area contributed by atoms with E-state index in [4.69, 9.17) is 0 Å². The molecule has 0 spiro atoms. The van der Waals surface area contributed by atoms with Crippen molar-refractivity contribution in [2.45, 2.75) is 38.6 Å². The lowest BCUT2D eigenvalue weighted by Crippen LogP contribution is -2.38. The predicted octanol–water partition coefficient (Wildman–Crippen LogP) is 2.56. The summed E-state index contributed by atoms with van der Waals surface area (Å²) in [5.41, 5.74) is 1.38. The zero-order valence-electron chi connectivity index (χ0n) is 11.7. The first kappa shape index (κ1) is 13.2. The zero-order valence-corrected chi connectivity index (χ0v) is 11.7. The van der Waals surface area contributed by atoms with Gasteiger partial charge in [0.05, 0.1) is 0 Å². The number of benzene rings is 1. The molecule has 2 aliphatic carbocycles. The summed E-state index contributed by atoms with van der Waals surface area (Å²) in [6, 6.07) is 7.42. The second-order valence-electron chi connectivity index (χ2n) is 5.93. The molecule has 0 heterocycles. The van der Waals surface area contributed by atoms with Crippen LogP contribution in [0.3, 0.4) is 0 Å². The number of nitrogens with one attached hydrogen (secondary N) is 2. The lowest BCUT2D eigenvalue weighted by atomic mass is 10.1. The van der Waals surface area contributed by atoms with E-state index >= 15 is 0 Å². The van der Waals surface area contributed by atoms with Gasteiger partial charge in [-0.05, 0) is 61.8 Å². The highest BCUT2D eigenvalue weighted by molar-refractivity contribution is 5.95. The molecule has 4 nitrogen and oxygen atoms in total. The lowest BCUT2D eigenvalue weighted by Gasteiger charge is -2.17. The molecule has 4 heteroatoms. The van der Waals surface area contributed by atoms with E-state index in [9.17, 15) is 9.59 Å². The van der Waals surface area contributed by atoms with Crippen LogP contribution in [0.2, 0.25) is 0 Å². The third-order valence-corrected chi connectivity index (χ3v) is 4.02. The molecule has 106 valence electrons. The molecule has 20 heavy (non-hydrogen) atoms. The summed E-state index contributed by atoms with van der Waals surface area (Å²) < 4.78 is 0. The molecule has 1 aromatic rings. The largest absolute Gasteiger partial charge is 0.349 e. The van der Waals surface area contributed by atoms with Gasteiger partial charge in [-0.2, -0.15) is 0 Å². The van der Waals surface area contributed by atoms with Crippen LogP contribution in [0, 0.1) is 11.8 Å². The Morgan fingerprint density at radius 2 is 1.60 bits per heavy atom. The molecule has 0 bridgehead atoms. The van der Waals surface area contributed by atoms with E-state index in [1.165, 1.54) is 32.6 Å². The molecule has 0 radical (unpaired) electrons. The molecule has 2 fully saturated rings. The van der Waals surface area contributed by atoms with Crippen LogP contribution in [0.1, 0.15) is 43.0 Å². The van der Waals surface area contributed by atoms with E-state index < -0.39 is 0 Å². The number of carbonyl (C=O) groups excluding carboxylic acids is 2. The minimum atomic E-state index is -0.107. The maximum atomic E-state index is 12.3. The van der Waals surface area contributed by atoms with E-state index in [-0.39, 0.29) is 11.8 Å². The Kier molecular flexibility index (Phi) is 3.47. The zero-order chi connectivity index (χ0) is 14.1. The molecule has 2 aliphatic rings. The van der Waals surface area contributed by atoms with Crippen LogP contribution in [0.15, 0.2) is 24.3 Å². The minimum Gasteiger partial charge on any atom is -0.349 e. The minimum absolute atomic E-state index is 0.00294. The Bertz CT molecular complexity index is 504. The van der Waals surface area contributed by atoms with Crippen LogP contribution in [-0.4, -0.2) is 17.9 Å². The van der Waals surface area contributed by atoms with Crippen molar-refractivity contribution in [1.29, 1.82) is 0 Å². The molecular formula is C16H20N2O2. The number of carbonyl (C=O) groups is 2. The van der Waals surface area contributed by atoms with Gasteiger partial charge in [0, 0.05) is 24.2 Å². The van der Waals surface area contributed by atoms with Crippen molar-refractivity contribution in [2.75, 3.05) is 5.32 Å². The van der Waals surface area contributed by atoms with Gasteiger partial charge in [0.1, 0.15) is 0 Å². The molecule has 0 atom stereocenters. The van der Waals surface area contributed by atoms with Gasteiger partial charge >= 0.3 is 0 Å². The normalized spacial score (nSPS) is 17.9. The van der Waals surface area contributed by atoms with Crippen LogP contribution in [-0.2, 0) is 4.79 Å². The Morgan fingerprint density at radius 1 is 1.05 bits per heavy atom. The van der Waals surface area contributed by atoms with Crippen LogP contribution < -0.4 is 10.6 Å². The molecule has 2 saturated carbocycles. The fraction of sp³-hybridized carbons (Fsp3) is 0.500. The number of hydrogen-bond donors (Lipinski definition) is 2. The highest BCUT2D eigenvalue weighted by Crippen LogP contribution is 2.44. The van der Waals surface area contributed by atoms with Gasteiger partial charge in [-0.3, -0.25) is 9.59 Å². The van der Waals surface area contributed by atoms with E-state index in [0.29, 0.717) is 23.4 Å². The lowest BCUT2D eigenvalue weighted by molar-refractivity contribution is -0.114. The van der Waals surface area contributed by atoms with Crippen molar-refractivity contribution < 1.29 is 9.59 Å². The van der Waals surface area contributed by atoms with E-state index in [1.54, 1.807) is 24.3 Å². The smallest absolute Gasteiger partial charge is 0.251 e. The van der Waals surface area contributed by atoms with Crippen molar-refractivity contribution in [1.82, 2.24) is 5.32 Å². The van der Waals surface area contributed by atoms with Crippen molar-refractivity contribution in [3.63, 3.8) is 0 Å². The standard InChI is InChI=1S/C16H20N2O2/c1-10(19)17-14-8-6-13(7-9-14)16(20)18-15(11-2-3-11)12-4-5-12/h6-9,11-12,15H,2-5H2,1H3,(H,17,19)(H,18,20). The quantitative estimate of drug-likeness (QED) is 0.865. The monoisotopic (exact) mass is 272 g/mol. The molecule has 0 aromatic heterocycles. The van der Waals surface area contributed by atoms with Crippen LogP contribution >= 0.6 is 0 Å². The van der Waals surface area contributed by atoms with Crippen LogP contribution in [0.25, 0.3) is 0 Å². The molecule has 2 N–H and O–H groups in total. The second kappa shape index (κ2) is 5.27. The molecule has 0 aliphatic heterocycles. The topological polar surface area (TPSA) is 58.2 Å². The van der Waals surface area contributed by atoms with E-state index in [0.717, 1.165) is 5.69 Å². The number of amides is 2. The first-order valence-electron chi connectivity index (χ1n) is 7.32. The van der Waals surface area contributed by atoms with Gasteiger partial charge in [0.15, 0.2) is 0 Å². The fourth-order valence-corrected chi connectivity index (χ4v) is 2.67. The molecular weight excluding hydrogens is 252 g/mol. The summed E-state index contributed by atoms with van der Waals surface area (Å²) in [4.78, 5) is 23.2. The highest BCUT2D eigenvalue weighted by Gasteiger charge is 2.42. The summed E-state index contributed by atoms with van der Waals surface area (Å²) in [6.07, 6.45) is 5.01. The number of rotatable bonds is 5. The summed E-state index contributed by atoms with van der Waals surface area (Å²) in [5, 5.41) is 5.89. The Morgan fingerprint density at radius 3 is 2.05 bits per heavy atom. The summed E-state index contributed by atoms with van der Waals surface area (Å²) in [6.45, 7) is 1.47. The van der Waals surface area contributed by atoms with E-state index in [1.807, 2.05) is 0 Å². The molecule has 0 saturated heterocycles. The van der Waals surface area contributed by atoms with Gasteiger partial charge in [-0.15, -0.1) is 0 Å². The summed E-state index contributed by atoms with van der Waals surface area (Å²) >= 11 is 0. The Labute approximate surface area is 118 Å². The third kappa shape index (κ3) is 3.18. The van der Waals surface area contributed by atoms with Gasteiger partial charge < -0.3 is 10.6 Å². The first-order chi connectivity index (χ1) is 9.63. The summed E-state index contributed by atoms with van der Waals surface area (Å²) in [7, 11) is 0. The van der Waals surface area contributed by atoms with Crippen molar-refractivity contribution in [3.05, 3.63) is 29.8 Å². The van der Waals surface area contributed by atoms with Crippen LogP contribution in [0.5, 0.6) is 0 Å². The van der Waals surface area contributed by atoms with Crippen molar-refractivity contribution in [2.24, 2.45) is 11.8 Å². The average Bonchev–Trinajstić information content (AvgIpc) is 3.28. The number of hydrogen-bond acceptors (Lipinski definition) is 2. The van der Waals surface area contributed by atoms with Gasteiger partial charge in [-0.25, -0.2) is 0 Å². The van der Waals surface area contributed by atoms with Gasteiger partial charge in [-0.1, -0.05) is 0 Å². The summed E-state index contributed by atoms with van der Waals surface area (Å²) in [5.74, 6) is 1.29. The second-order valence-corrected chi connectivity index (χ2v) is 5.93. The third-order valence-electron chi connectivity index (χ3n) is 4.02. The fourth-order valence-electron chi connectivity index (χ4n) is 2.67. The maximum Gasteiger partial charge on any atom is 0.251 e. The average molecular weight is 272 g/mol. The maximum absolute atomic E-state index is 12.3. The van der Waals surface area contributed by atoms with E-state index in [2.05, 4.69) is 10.6 Å². The van der Waals surface area contributed by atoms with Crippen molar-refractivity contribution in [3.8, 4) is 0 Å². The SMILES string of the molecule is CC(=O)Nc1ccc(C(=O)NC(C2CC2)C2CC2)cc1. The highest BCUT2D eigenvalue weighted by atomic mass is 16.2. The predicted molar refractivity (Wildman–Crippen MR) is 77.4 cm³/mol. The molecule has 1 aromatic carbocycles. The molecule has 0 unspecified atom stereocenters. The molecule has 3 rings (SSSR count). The van der Waals surface area contributed by atoms with Gasteiger partial charge in [0.25, 0.3) is 5.91 Å². The first-order valence-corrected chi connectivity index (χ1v) is 7.32. The molecule has 2 amide bonds. The Hall–Kier alpha value is -1.84. The number of anilines is 1. The van der Waals surface area contributed by atoms with Crippen molar-refractivity contribution >= 4 is 17.5 Å². The van der Waals surface area contributed by atoms with Gasteiger partial charge in [0.2, 0.25) is 5.91 Å².